The molecule has 0 aromatic heterocycles. The third-order valence-electron chi connectivity index (χ3n) is 4.03. The molecule has 0 aliphatic carbocycles. The Hall–Kier alpha value is -1.09. The van der Waals surface area contributed by atoms with E-state index in [1.165, 1.54) is 44.6 Å². The molecule has 21 heavy (non-hydrogen) atoms. The van der Waals surface area contributed by atoms with Crippen molar-refractivity contribution in [1.82, 2.24) is 5.32 Å². The molecule has 0 spiro atoms. The number of methoxy groups -OCH3 is 1. The van der Waals surface area contributed by atoms with Crippen molar-refractivity contribution >= 4 is 0 Å². The third kappa shape index (κ3) is 6.47. The van der Waals surface area contributed by atoms with Gasteiger partial charge in [0.25, 0.3) is 0 Å². The molecule has 0 amide bonds. The maximum absolute atomic E-state index is 14.1. The van der Waals surface area contributed by atoms with Crippen LogP contribution in [0.15, 0.2) is 18.2 Å². The van der Waals surface area contributed by atoms with E-state index in [1.807, 2.05) is 19.2 Å². The molecule has 1 rings (SSSR count). The van der Waals surface area contributed by atoms with Crippen molar-refractivity contribution in [1.29, 1.82) is 0 Å². The average molecular weight is 295 g/mol. The largest absolute Gasteiger partial charge is 0.497 e. The molecule has 120 valence electrons. The molecule has 0 saturated carbocycles. The second kappa shape index (κ2) is 10.6. The first-order valence-electron chi connectivity index (χ1n) is 8.23. The first-order chi connectivity index (χ1) is 10.2. The molecule has 0 bridgehead atoms. The van der Waals surface area contributed by atoms with Crippen LogP contribution in [0.5, 0.6) is 5.75 Å². The van der Waals surface area contributed by atoms with Crippen molar-refractivity contribution in [2.75, 3.05) is 14.2 Å². The quantitative estimate of drug-likeness (QED) is 0.564. The lowest BCUT2D eigenvalue weighted by atomic mass is 9.99. The number of hydrogen-bond acceptors (Lipinski definition) is 2. The minimum atomic E-state index is -0.184. The van der Waals surface area contributed by atoms with Gasteiger partial charge in [-0.05, 0) is 19.5 Å². The van der Waals surface area contributed by atoms with Crippen molar-refractivity contribution in [3.63, 3.8) is 0 Å². The lowest BCUT2D eigenvalue weighted by Crippen LogP contribution is -2.17. The third-order valence-corrected chi connectivity index (χ3v) is 4.03. The lowest BCUT2D eigenvalue weighted by molar-refractivity contribution is 0.408. The molecule has 1 atom stereocenters. The SMILES string of the molecule is CCCCCCCCCC(NC)c1ccc(OC)cc1F. The maximum atomic E-state index is 14.1. The lowest BCUT2D eigenvalue weighted by Gasteiger charge is -2.18. The normalized spacial score (nSPS) is 12.4. The summed E-state index contributed by atoms with van der Waals surface area (Å²) >= 11 is 0. The fraction of sp³-hybridized carbons (Fsp3) is 0.667. The second-order valence-electron chi connectivity index (χ2n) is 5.64. The van der Waals surface area contributed by atoms with Crippen LogP contribution < -0.4 is 10.1 Å². The number of ether oxygens (including phenoxy) is 1. The summed E-state index contributed by atoms with van der Waals surface area (Å²) in [7, 11) is 3.46. The summed E-state index contributed by atoms with van der Waals surface area (Å²) in [6.45, 7) is 2.24. The molecule has 0 aliphatic rings. The first kappa shape index (κ1) is 18.0. The summed E-state index contributed by atoms with van der Waals surface area (Å²) in [5.41, 5.74) is 0.740. The predicted octanol–water partition coefficient (Wildman–Crippen LogP) is 5.24. The second-order valence-corrected chi connectivity index (χ2v) is 5.64. The number of hydrogen-bond donors (Lipinski definition) is 1. The van der Waals surface area contributed by atoms with Gasteiger partial charge < -0.3 is 10.1 Å². The van der Waals surface area contributed by atoms with Crippen LogP contribution in [0.3, 0.4) is 0 Å². The van der Waals surface area contributed by atoms with Gasteiger partial charge in [-0.25, -0.2) is 4.39 Å². The van der Waals surface area contributed by atoms with Crippen LogP contribution >= 0.6 is 0 Å². The van der Waals surface area contributed by atoms with Gasteiger partial charge in [0, 0.05) is 17.7 Å². The van der Waals surface area contributed by atoms with Crippen molar-refractivity contribution in [3.8, 4) is 5.75 Å². The Bertz CT molecular complexity index is 395. The van der Waals surface area contributed by atoms with Crippen LogP contribution in [0.4, 0.5) is 4.39 Å². The maximum Gasteiger partial charge on any atom is 0.131 e. The number of rotatable bonds is 11. The van der Waals surface area contributed by atoms with Crippen molar-refractivity contribution in [3.05, 3.63) is 29.6 Å². The summed E-state index contributed by atoms with van der Waals surface area (Å²) in [5.74, 6) is 0.388. The van der Waals surface area contributed by atoms with Crippen LogP contribution in [-0.4, -0.2) is 14.2 Å². The molecule has 0 radical (unpaired) electrons. The molecule has 1 aromatic carbocycles. The number of benzene rings is 1. The van der Waals surface area contributed by atoms with Gasteiger partial charge in [-0.1, -0.05) is 57.9 Å². The molecule has 0 fully saturated rings. The molecule has 1 unspecified atom stereocenters. The average Bonchev–Trinajstić information content (AvgIpc) is 2.50. The fourth-order valence-corrected chi connectivity index (χ4v) is 2.68. The summed E-state index contributed by atoms with van der Waals surface area (Å²) in [4.78, 5) is 0. The zero-order chi connectivity index (χ0) is 15.5. The summed E-state index contributed by atoms with van der Waals surface area (Å²) < 4.78 is 19.1. The molecule has 3 heteroatoms. The van der Waals surface area contributed by atoms with Crippen LogP contribution in [0.2, 0.25) is 0 Å². The van der Waals surface area contributed by atoms with Gasteiger partial charge >= 0.3 is 0 Å². The van der Waals surface area contributed by atoms with Gasteiger partial charge in [-0.15, -0.1) is 0 Å². The Kier molecular flexibility index (Phi) is 9.07. The Morgan fingerprint density at radius 3 is 2.33 bits per heavy atom. The van der Waals surface area contributed by atoms with E-state index >= 15 is 0 Å². The van der Waals surface area contributed by atoms with E-state index in [1.54, 1.807) is 7.11 Å². The van der Waals surface area contributed by atoms with E-state index in [0.717, 1.165) is 18.4 Å². The number of halogens is 1. The summed E-state index contributed by atoms with van der Waals surface area (Å²) in [5, 5.41) is 3.23. The topological polar surface area (TPSA) is 21.3 Å². The highest BCUT2D eigenvalue weighted by molar-refractivity contribution is 5.30. The summed E-state index contributed by atoms with van der Waals surface area (Å²) in [6.07, 6.45) is 9.96. The highest BCUT2D eigenvalue weighted by Crippen LogP contribution is 2.25. The zero-order valence-electron chi connectivity index (χ0n) is 13.8. The number of nitrogens with one attached hydrogen (secondary N) is 1. The van der Waals surface area contributed by atoms with E-state index in [9.17, 15) is 4.39 Å². The molecule has 1 N–H and O–H groups in total. The van der Waals surface area contributed by atoms with Crippen LogP contribution in [0.25, 0.3) is 0 Å². The monoisotopic (exact) mass is 295 g/mol. The fourth-order valence-electron chi connectivity index (χ4n) is 2.68. The number of unbranched alkanes of at least 4 members (excludes halogenated alkanes) is 6. The smallest absolute Gasteiger partial charge is 0.131 e. The minimum Gasteiger partial charge on any atom is -0.497 e. The van der Waals surface area contributed by atoms with E-state index < -0.39 is 0 Å². The molecule has 0 heterocycles. The van der Waals surface area contributed by atoms with E-state index in [0.29, 0.717) is 5.75 Å². The van der Waals surface area contributed by atoms with Crippen molar-refractivity contribution < 1.29 is 9.13 Å². The Morgan fingerprint density at radius 1 is 1.10 bits per heavy atom. The zero-order valence-corrected chi connectivity index (χ0v) is 13.8. The molecule has 0 aliphatic heterocycles. The molecule has 0 saturated heterocycles. The molecule has 2 nitrogen and oxygen atoms in total. The minimum absolute atomic E-state index is 0.0894. The predicted molar refractivity (Wildman–Crippen MR) is 87.4 cm³/mol. The molecule has 1 aromatic rings. The Labute approximate surface area is 129 Å². The van der Waals surface area contributed by atoms with Gasteiger partial charge in [0.1, 0.15) is 11.6 Å². The Balaban J connectivity index is 2.37. The highest BCUT2D eigenvalue weighted by Gasteiger charge is 2.14. The van der Waals surface area contributed by atoms with Crippen LogP contribution in [0, 0.1) is 5.82 Å². The molecular weight excluding hydrogens is 265 g/mol. The van der Waals surface area contributed by atoms with Gasteiger partial charge in [0.05, 0.1) is 7.11 Å². The van der Waals surface area contributed by atoms with Crippen LogP contribution in [0.1, 0.15) is 69.9 Å². The van der Waals surface area contributed by atoms with Gasteiger partial charge in [-0.2, -0.15) is 0 Å². The van der Waals surface area contributed by atoms with Crippen LogP contribution in [-0.2, 0) is 0 Å². The van der Waals surface area contributed by atoms with E-state index in [4.69, 9.17) is 4.74 Å². The first-order valence-corrected chi connectivity index (χ1v) is 8.23. The van der Waals surface area contributed by atoms with Gasteiger partial charge in [0.15, 0.2) is 0 Å². The molecular formula is C18H30FNO. The van der Waals surface area contributed by atoms with E-state index in [-0.39, 0.29) is 11.9 Å². The van der Waals surface area contributed by atoms with Gasteiger partial charge in [-0.3, -0.25) is 0 Å². The van der Waals surface area contributed by atoms with Gasteiger partial charge in [0.2, 0.25) is 0 Å². The standard InChI is InChI=1S/C18H30FNO/c1-4-5-6-7-8-9-10-11-18(20-2)16-13-12-15(21-3)14-17(16)19/h12-14,18,20H,4-11H2,1-3H3. The summed E-state index contributed by atoms with van der Waals surface area (Å²) in [6, 6.07) is 5.21. The van der Waals surface area contributed by atoms with Crippen molar-refractivity contribution in [2.24, 2.45) is 0 Å². The Morgan fingerprint density at radius 2 is 1.76 bits per heavy atom. The highest BCUT2D eigenvalue weighted by atomic mass is 19.1. The van der Waals surface area contributed by atoms with E-state index in [2.05, 4.69) is 12.2 Å². The van der Waals surface area contributed by atoms with Crippen molar-refractivity contribution in [2.45, 2.75) is 64.3 Å².